The van der Waals surface area contributed by atoms with E-state index in [1.807, 2.05) is 29.7 Å². The van der Waals surface area contributed by atoms with Crippen molar-refractivity contribution in [2.24, 2.45) is 12.0 Å². The Morgan fingerprint density at radius 3 is 2.88 bits per heavy atom. The van der Waals surface area contributed by atoms with Gasteiger partial charge in [-0.2, -0.15) is 10.1 Å². The van der Waals surface area contributed by atoms with Crippen LogP contribution in [0.5, 0.6) is 5.75 Å². The topological polar surface area (TPSA) is 61.4 Å². The lowest BCUT2D eigenvalue weighted by Crippen LogP contribution is -2.16. The van der Waals surface area contributed by atoms with Crippen molar-refractivity contribution in [3.05, 3.63) is 40.5 Å². The number of carbonyl (C=O) groups is 1. The molecule has 3 rings (SSSR count). The first-order chi connectivity index (χ1) is 11.5. The van der Waals surface area contributed by atoms with Gasteiger partial charge in [0, 0.05) is 12.7 Å². The number of benzene rings is 1. The zero-order valence-corrected chi connectivity index (χ0v) is 14.4. The van der Waals surface area contributed by atoms with Gasteiger partial charge in [0.25, 0.3) is 5.91 Å². The summed E-state index contributed by atoms with van der Waals surface area (Å²) in [7, 11) is 3.40. The maximum atomic E-state index is 12.4. The van der Waals surface area contributed by atoms with Crippen LogP contribution in [-0.4, -0.2) is 27.4 Å². The van der Waals surface area contributed by atoms with E-state index in [9.17, 15) is 4.79 Å². The highest BCUT2D eigenvalue weighted by Crippen LogP contribution is 2.23. The molecule has 7 heteroatoms. The first-order valence-electron chi connectivity index (χ1n) is 7.24. The molecule has 1 aromatic carbocycles. The van der Waals surface area contributed by atoms with Crippen LogP contribution in [0.25, 0.3) is 10.2 Å². The smallest absolute Gasteiger partial charge is 0.300 e. The lowest BCUT2D eigenvalue weighted by Gasteiger charge is -2.01. The van der Waals surface area contributed by atoms with E-state index in [0.29, 0.717) is 17.0 Å². The average Bonchev–Trinajstić information content (AvgIpc) is 3.08. The van der Waals surface area contributed by atoms with Gasteiger partial charge in [0.1, 0.15) is 5.75 Å². The summed E-state index contributed by atoms with van der Waals surface area (Å²) in [5.74, 6) is 2.96. The highest BCUT2D eigenvalue weighted by molar-refractivity contribution is 7.16. The van der Waals surface area contributed by atoms with E-state index in [-0.39, 0.29) is 5.91 Å². The van der Waals surface area contributed by atoms with E-state index in [4.69, 9.17) is 11.2 Å². The van der Waals surface area contributed by atoms with Gasteiger partial charge in [-0.1, -0.05) is 17.3 Å². The normalized spacial score (nSPS) is 11.7. The minimum atomic E-state index is -0.386. The van der Waals surface area contributed by atoms with Crippen molar-refractivity contribution < 1.29 is 9.53 Å². The van der Waals surface area contributed by atoms with Crippen LogP contribution in [0.15, 0.2) is 29.3 Å². The molecule has 2 aromatic heterocycles. The van der Waals surface area contributed by atoms with Gasteiger partial charge in [-0.15, -0.1) is 6.42 Å². The van der Waals surface area contributed by atoms with Gasteiger partial charge in [-0.05, 0) is 31.2 Å². The molecule has 0 aliphatic carbocycles. The van der Waals surface area contributed by atoms with E-state index in [1.165, 1.54) is 11.3 Å². The van der Waals surface area contributed by atoms with E-state index >= 15 is 0 Å². The number of terminal acetylenes is 1. The number of aryl methyl sites for hydroxylation is 2. The predicted octanol–water partition coefficient (Wildman–Crippen LogP) is 2.13. The lowest BCUT2D eigenvalue weighted by molar-refractivity contribution is 0.0992. The Balaban J connectivity index is 2.15. The summed E-state index contributed by atoms with van der Waals surface area (Å²) in [6, 6.07) is 7.39. The zero-order chi connectivity index (χ0) is 17.3. The first kappa shape index (κ1) is 16.0. The second-order valence-electron chi connectivity index (χ2n) is 5.22. The van der Waals surface area contributed by atoms with Gasteiger partial charge in [-0.25, -0.2) is 0 Å². The molecule has 0 radical (unpaired) electrons. The molecular formula is C17H16N4O2S. The molecule has 2 heterocycles. The molecule has 0 N–H and O–H groups in total. The Labute approximate surface area is 143 Å². The fourth-order valence-corrected chi connectivity index (χ4v) is 3.38. The Bertz CT molecular complexity index is 1010. The Morgan fingerprint density at radius 2 is 2.25 bits per heavy atom. The van der Waals surface area contributed by atoms with Crippen LogP contribution in [0, 0.1) is 19.3 Å². The minimum Gasteiger partial charge on any atom is -0.497 e. The Morgan fingerprint density at radius 1 is 1.46 bits per heavy atom. The number of methoxy groups -OCH3 is 1. The SMILES string of the molecule is C#CCn1c(=NC(=O)c2cc(C)n(C)n2)sc2cc(OC)ccc21. The average molecular weight is 340 g/mol. The third-order valence-corrected chi connectivity index (χ3v) is 4.71. The van der Waals surface area contributed by atoms with Gasteiger partial charge >= 0.3 is 0 Å². The molecule has 0 atom stereocenters. The Hall–Kier alpha value is -2.85. The van der Waals surface area contributed by atoms with Gasteiger partial charge in [0.15, 0.2) is 10.5 Å². The van der Waals surface area contributed by atoms with Crippen molar-refractivity contribution in [3.63, 3.8) is 0 Å². The second kappa shape index (κ2) is 6.34. The first-order valence-corrected chi connectivity index (χ1v) is 8.05. The molecule has 0 fully saturated rings. The number of hydrogen-bond donors (Lipinski definition) is 0. The maximum absolute atomic E-state index is 12.4. The van der Waals surface area contributed by atoms with Crippen LogP contribution in [0.2, 0.25) is 0 Å². The van der Waals surface area contributed by atoms with Crippen LogP contribution < -0.4 is 9.54 Å². The number of carbonyl (C=O) groups excluding carboxylic acids is 1. The summed E-state index contributed by atoms with van der Waals surface area (Å²) in [6.45, 7) is 2.22. The van der Waals surface area contributed by atoms with Crippen LogP contribution in [0.3, 0.4) is 0 Å². The number of hydrogen-bond acceptors (Lipinski definition) is 4. The van der Waals surface area contributed by atoms with E-state index in [1.54, 1.807) is 24.9 Å². The molecule has 0 bridgehead atoms. The number of ether oxygens (including phenoxy) is 1. The molecular weight excluding hydrogens is 324 g/mol. The van der Waals surface area contributed by atoms with E-state index in [2.05, 4.69) is 16.0 Å². The Kier molecular flexibility index (Phi) is 4.23. The monoisotopic (exact) mass is 340 g/mol. The quantitative estimate of drug-likeness (QED) is 0.686. The van der Waals surface area contributed by atoms with E-state index < -0.39 is 0 Å². The van der Waals surface area contributed by atoms with Gasteiger partial charge in [-0.3, -0.25) is 9.48 Å². The van der Waals surface area contributed by atoms with Crippen molar-refractivity contribution in [2.45, 2.75) is 13.5 Å². The number of aromatic nitrogens is 3. The maximum Gasteiger partial charge on any atom is 0.300 e. The summed E-state index contributed by atoms with van der Waals surface area (Å²) in [5, 5.41) is 4.17. The standard InChI is InChI=1S/C17H16N4O2S/c1-5-8-21-14-7-6-12(23-4)10-15(14)24-17(21)18-16(22)13-9-11(2)20(3)19-13/h1,6-7,9-10H,8H2,2-4H3. The van der Waals surface area contributed by atoms with Gasteiger partial charge in [0.2, 0.25) is 0 Å². The van der Waals surface area contributed by atoms with Gasteiger partial charge in [0.05, 0.1) is 23.9 Å². The van der Waals surface area contributed by atoms with Crippen LogP contribution >= 0.6 is 11.3 Å². The summed E-state index contributed by atoms with van der Waals surface area (Å²) >= 11 is 1.39. The zero-order valence-electron chi connectivity index (χ0n) is 13.6. The molecule has 0 aliphatic rings. The lowest BCUT2D eigenvalue weighted by atomic mass is 10.3. The molecule has 24 heavy (non-hydrogen) atoms. The van der Waals surface area contributed by atoms with Crippen molar-refractivity contribution in [3.8, 4) is 18.1 Å². The van der Waals surface area contributed by atoms with Crippen LogP contribution in [-0.2, 0) is 13.6 Å². The molecule has 0 aliphatic heterocycles. The second-order valence-corrected chi connectivity index (χ2v) is 6.23. The highest BCUT2D eigenvalue weighted by Gasteiger charge is 2.12. The summed E-state index contributed by atoms with van der Waals surface area (Å²) in [6.07, 6.45) is 5.47. The largest absolute Gasteiger partial charge is 0.497 e. The number of thiazole rings is 1. The third-order valence-electron chi connectivity index (χ3n) is 3.67. The molecule has 0 spiro atoms. The summed E-state index contributed by atoms with van der Waals surface area (Å²) < 4.78 is 9.68. The van der Waals surface area contributed by atoms with Crippen molar-refractivity contribution in [1.29, 1.82) is 0 Å². The molecule has 0 saturated heterocycles. The number of rotatable bonds is 3. The fraction of sp³-hybridized carbons (Fsp3) is 0.235. The van der Waals surface area contributed by atoms with Gasteiger partial charge < -0.3 is 9.30 Å². The highest BCUT2D eigenvalue weighted by atomic mass is 32.1. The molecule has 0 unspecified atom stereocenters. The number of nitrogens with zero attached hydrogens (tertiary/aromatic N) is 4. The van der Waals surface area contributed by atoms with E-state index in [0.717, 1.165) is 21.7 Å². The van der Waals surface area contributed by atoms with Crippen molar-refractivity contribution in [1.82, 2.24) is 14.3 Å². The minimum absolute atomic E-state index is 0.317. The van der Waals surface area contributed by atoms with Crippen molar-refractivity contribution >= 4 is 27.5 Å². The third kappa shape index (κ3) is 2.84. The molecule has 0 saturated carbocycles. The number of fused-ring (bicyclic) bond motifs is 1. The molecule has 122 valence electrons. The van der Waals surface area contributed by atoms with Crippen molar-refractivity contribution in [2.75, 3.05) is 7.11 Å². The van der Waals surface area contributed by atoms with Crippen LogP contribution in [0.4, 0.5) is 0 Å². The summed E-state index contributed by atoms with van der Waals surface area (Å²) in [5.41, 5.74) is 2.13. The van der Waals surface area contributed by atoms with Crippen LogP contribution in [0.1, 0.15) is 16.2 Å². The molecule has 1 amide bonds. The molecule has 3 aromatic rings. The molecule has 6 nitrogen and oxygen atoms in total. The predicted molar refractivity (Wildman–Crippen MR) is 93.0 cm³/mol. The fourth-order valence-electron chi connectivity index (χ4n) is 2.32. The summed E-state index contributed by atoms with van der Waals surface area (Å²) in [4.78, 5) is 17.2. The number of amides is 1.